The van der Waals surface area contributed by atoms with Crippen molar-refractivity contribution < 1.29 is 32.7 Å². The van der Waals surface area contributed by atoms with Crippen molar-refractivity contribution >= 4 is 44.6 Å². The van der Waals surface area contributed by atoms with Gasteiger partial charge in [0.05, 0.1) is 6.85 Å². The maximum absolute atomic E-state index is 9.11. The number of nitrogens with zero attached hydrogens (tertiary/aromatic N) is 4. The molecule has 1 aliphatic rings. The van der Waals surface area contributed by atoms with Gasteiger partial charge >= 0.3 is 0 Å². The molecule has 0 unspecified atom stereocenters. The normalized spacial score (nSPS) is 13.6. The Morgan fingerprint density at radius 1 is 0.544 bits per heavy atom. The Bertz CT molecular complexity index is 3720. The first-order valence-electron chi connectivity index (χ1n) is 25.1. The summed E-state index contributed by atoms with van der Waals surface area (Å²) in [5, 5.41) is 2.10. The number of hydrogen-bond donors (Lipinski definition) is 0. The van der Waals surface area contributed by atoms with Gasteiger partial charge in [0.2, 0.25) is 0 Å². The molecule has 338 valence electrons. The fourth-order valence-corrected chi connectivity index (χ4v) is 9.05. The van der Waals surface area contributed by atoms with Gasteiger partial charge in [0.1, 0.15) is 5.82 Å². The molecule has 0 saturated heterocycles. The van der Waals surface area contributed by atoms with Crippen LogP contribution in [0, 0.1) is 18.8 Å². The molecule has 3 heterocycles. The van der Waals surface area contributed by atoms with Crippen molar-refractivity contribution in [1.82, 2.24) is 9.55 Å². The standard InChI is InChI=1S/C62H51N4O.Pt/c1-61(2,3)46-30-27-44(28-31-46)52-24-16-23-51(43-19-11-8-12-20-43)60(52)65-41-64(56-25-13-14-26-57(56)65)48-21-15-22-49(39-48)67-50-32-33-53-54-37-45(42-17-9-7-10-18-42)29-34-55(54)66(58(53)40-50)59-38-47(35-36-63-59)62(4,5)6;/h7-38,41H,1-6H3;/q-3;/i8D,11D,12D,19D,20D;. The second kappa shape index (κ2) is 17.8. The first-order valence-corrected chi connectivity index (χ1v) is 22.6. The first kappa shape index (κ1) is 38.9. The first-order chi connectivity index (χ1) is 34.5. The molecule has 0 aliphatic carbocycles. The van der Waals surface area contributed by atoms with Crippen molar-refractivity contribution in [2.45, 2.75) is 52.4 Å². The van der Waals surface area contributed by atoms with Crippen LogP contribution in [0.1, 0.15) is 59.5 Å². The van der Waals surface area contributed by atoms with Crippen LogP contribution in [-0.2, 0) is 31.9 Å². The van der Waals surface area contributed by atoms with Crippen LogP contribution in [0.2, 0.25) is 0 Å². The van der Waals surface area contributed by atoms with Gasteiger partial charge in [-0.3, -0.25) is 0 Å². The van der Waals surface area contributed by atoms with E-state index in [-0.39, 0.29) is 49.5 Å². The zero-order chi connectivity index (χ0) is 50.2. The zero-order valence-corrected chi connectivity index (χ0v) is 41.0. The molecule has 10 aromatic rings. The van der Waals surface area contributed by atoms with Gasteiger partial charge in [0, 0.05) is 72.5 Å². The molecular weight excluding hydrogens is 1010 g/mol. The average Bonchev–Trinajstić information content (AvgIpc) is 3.93. The minimum absolute atomic E-state index is 0. The van der Waals surface area contributed by atoms with Gasteiger partial charge in [-0.15, -0.1) is 48.1 Å². The summed E-state index contributed by atoms with van der Waals surface area (Å²) in [6, 6.07) is 58.6. The molecule has 0 saturated carbocycles. The van der Waals surface area contributed by atoms with Gasteiger partial charge in [-0.05, 0) is 79.9 Å². The molecule has 5 nitrogen and oxygen atoms in total. The van der Waals surface area contributed by atoms with E-state index in [2.05, 4.69) is 143 Å². The number of pyridine rings is 1. The van der Waals surface area contributed by atoms with Crippen molar-refractivity contribution in [2.24, 2.45) is 0 Å². The van der Waals surface area contributed by atoms with E-state index in [1.807, 2.05) is 95.5 Å². The Morgan fingerprint density at radius 2 is 1.21 bits per heavy atom. The van der Waals surface area contributed by atoms with Gasteiger partial charge < -0.3 is 19.1 Å². The summed E-state index contributed by atoms with van der Waals surface area (Å²) in [6.45, 7) is 15.1. The summed E-state index contributed by atoms with van der Waals surface area (Å²) in [5.74, 6) is 1.79. The third-order valence-electron chi connectivity index (χ3n) is 12.6. The van der Waals surface area contributed by atoms with E-state index in [0.717, 1.165) is 61.3 Å². The largest absolute Gasteiger partial charge is 0.509 e. The topological polar surface area (TPSA) is 33.5 Å². The monoisotopic (exact) mass is 1070 g/mol. The number of rotatable bonds is 8. The molecule has 2 aromatic heterocycles. The van der Waals surface area contributed by atoms with Gasteiger partial charge in [-0.2, -0.15) is 12.1 Å². The summed E-state index contributed by atoms with van der Waals surface area (Å²) < 4.78 is 52.8. The number of anilines is 4. The fourth-order valence-electron chi connectivity index (χ4n) is 9.05. The Hall–Kier alpha value is -7.20. The zero-order valence-electron chi connectivity index (χ0n) is 43.7. The van der Waals surface area contributed by atoms with Gasteiger partial charge in [0.15, 0.2) is 0 Å². The molecule has 11 rings (SSSR count). The molecule has 0 bridgehead atoms. The maximum atomic E-state index is 9.11. The fraction of sp³-hybridized carbons (Fsp3) is 0.129. The summed E-state index contributed by atoms with van der Waals surface area (Å²) in [6.07, 6.45) is 1.88. The minimum atomic E-state index is -0.439. The Balaban J connectivity index is 0.00000611. The summed E-state index contributed by atoms with van der Waals surface area (Å²) >= 11 is 0. The molecular formula is C62H51N4OPt-3. The molecule has 0 fully saturated rings. The molecule has 0 atom stereocenters. The maximum Gasteiger partial charge on any atom is 0.135 e. The number of ether oxygens (including phenoxy) is 1. The Labute approximate surface area is 421 Å². The molecule has 0 amide bonds. The van der Waals surface area contributed by atoms with Crippen LogP contribution in [-0.4, -0.2) is 9.55 Å². The quantitative estimate of drug-likeness (QED) is 0.142. The molecule has 68 heavy (non-hydrogen) atoms. The van der Waals surface area contributed by atoms with Crippen LogP contribution in [0.4, 0.5) is 22.7 Å². The Kier molecular flexibility index (Phi) is 10.2. The van der Waals surface area contributed by atoms with Crippen molar-refractivity contribution in [3.63, 3.8) is 0 Å². The van der Waals surface area contributed by atoms with Crippen LogP contribution in [0.3, 0.4) is 0 Å². The van der Waals surface area contributed by atoms with Crippen molar-refractivity contribution in [3.05, 3.63) is 224 Å². The second-order valence-corrected chi connectivity index (χ2v) is 19.0. The second-order valence-electron chi connectivity index (χ2n) is 19.0. The van der Waals surface area contributed by atoms with Crippen LogP contribution in [0.5, 0.6) is 11.5 Å². The van der Waals surface area contributed by atoms with Crippen LogP contribution in [0.15, 0.2) is 194 Å². The van der Waals surface area contributed by atoms with Crippen LogP contribution >= 0.6 is 0 Å². The van der Waals surface area contributed by atoms with E-state index in [1.54, 1.807) is 0 Å². The van der Waals surface area contributed by atoms with Crippen LogP contribution < -0.4 is 14.5 Å². The van der Waals surface area contributed by atoms with E-state index >= 15 is 0 Å². The van der Waals surface area contributed by atoms with E-state index in [0.29, 0.717) is 28.4 Å². The third kappa shape index (κ3) is 8.30. The minimum Gasteiger partial charge on any atom is -0.509 e. The van der Waals surface area contributed by atoms with Crippen molar-refractivity contribution in [1.29, 1.82) is 0 Å². The summed E-state index contributed by atoms with van der Waals surface area (Å²) in [7, 11) is 0. The molecule has 1 aliphatic heterocycles. The van der Waals surface area contributed by atoms with Crippen molar-refractivity contribution in [3.8, 4) is 50.7 Å². The van der Waals surface area contributed by atoms with Crippen molar-refractivity contribution in [2.75, 3.05) is 9.80 Å². The predicted octanol–water partition coefficient (Wildman–Crippen LogP) is 16.6. The number of benzene rings is 8. The number of hydrogen-bond acceptors (Lipinski definition) is 4. The SMILES string of the molecule is [2H]c1c([2H])c([2H])c(-c2cccc(-c3ccc(C(C)(C)C)cc3)c2N2[CH-]N(c3[c-]c(Oc4[c-]c5c(cc4)c4cc(-c6ccccc6)ccc4n5-c4cc(C(C)(C)C)ccn4)ccc3)c3ccccc32)c([2H])c1[2H].[Pt]. The predicted molar refractivity (Wildman–Crippen MR) is 278 cm³/mol. The number of fused-ring (bicyclic) bond motifs is 4. The molecule has 6 heteroatoms. The van der Waals surface area contributed by atoms with E-state index in [4.69, 9.17) is 16.6 Å². The molecule has 0 spiro atoms. The number of aromatic nitrogens is 2. The summed E-state index contributed by atoms with van der Waals surface area (Å²) in [5.41, 5.74) is 11.7. The van der Waals surface area contributed by atoms with E-state index in [9.17, 15) is 0 Å². The Morgan fingerprint density at radius 3 is 1.94 bits per heavy atom. The van der Waals surface area contributed by atoms with Gasteiger partial charge in [-0.1, -0.05) is 174 Å². The van der Waals surface area contributed by atoms with Gasteiger partial charge in [-0.25, -0.2) is 4.98 Å². The molecule has 0 N–H and O–H groups in total. The average molecular weight is 1070 g/mol. The van der Waals surface area contributed by atoms with E-state index < -0.39 is 18.1 Å². The van der Waals surface area contributed by atoms with Crippen LogP contribution in [0.25, 0.3) is 61.0 Å². The summed E-state index contributed by atoms with van der Waals surface area (Å²) in [4.78, 5) is 8.99. The number of para-hydroxylation sites is 3. The third-order valence-corrected chi connectivity index (χ3v) is 12.6. The molecule has 8 aromatic carbocycles. The van der Waals surface area contributed by atoms with E-state index in [1.165, 1.54) is 11.1 Å². The smallest absolute Gasteiger partial charge is 0.135 e. The molecule has 0 radical (unpaired) electrons. The van der Waals surface area contributed by atoms with Gasteiger partial charge in [0.25, 0.3) is 0 Å².